The molecule has 2 atom stereocenters. The number of aromatic hydroxyl groups is 1. The molecule has 0 heterocycles. The molecule has 20 heavy (non-hydrogen) atoms. The van der Waals surface area contributed by atoms with Crippen LogP contribution in [-0.4, -0.2) is 42.8 Å². The van der Waals surface area contributed by atoms with E-state index in [0.29, 0.717) is 11.8 Å². The molecular formula is C16H28N2O2. The third-order valence-electron chi connectivity index (χ3n) is 3.67. The van der Waals surface area contributed by atoms with Crippen molar-refractivity contribution in [2.24, 2.45) is 0 Å². The lowest BCUT2D eigenvalue weighted by atomic mass is 10.1. The predicted molar refractivity (Wildman–Crippen MR) is 83.5 cm³/mol. The van der Waals surface area contributed by atoms with Gasteiger partial charge in [-0.1, -0.05) is 19.9 Å². The summed E-state index contributed by atoms with van der Waals surface area (Å²) >= 11 is 0. The van der Waals surface area contributed by atoms with E-state index in [1.165, 1.54) is 0 Å². The maximum Gasteiger partial charge on any atom is 0.124 e. The number of hydrogen-bond acceptors (Lipinski definition) is 4. The van der Waals surface area contributed by atoms with E-state index in [0.717, 1.165) is 25.2 Å². The molecule has 0 saturated heterocycles. The van der Waals surface area contributed by atoms with Gasteiger partial charge < -0.3 is 20.1 Å². The second-order valence-electron chi connectivity index (χ2n) is 5.20. The molecule has 1 aromatic rings. The Morgan fingerprint density at radius 3 is 2.40 bits per heavy atom. The summed E-state index contributed by atoms with van der Waals surface area (Å²) in [6.45, 7) is 11.7. The highest BCUT2D eigenvalue weighted by Gasteiger charge is 2.15. The van der Waals surface area contributed by atoms with Crippen molar-refractivity contribution in [3.63, 3.8) is 0 Å². The molecule has 0 spiro atoms. The lowest BCUT2D eigenvalue weighted by Gasteiger charge is -2.26. The van der Waals surface area contributed by atoms with Crippen LogP contribution in [0.4, 0.5) is 0 Å². The molecule has 1 aromatic carbocycles. The van der Waals surface area contributed by atoms with Gasteiger partial charge in [-0.25, -0.2) is 0 Å². The molecule has 2 N–H and O–H groups in total. The van der Waals surface area contributed by atoms with Crippen molar-refractivity contribution in [2.75, 3.05) is 26.7 Å². The summed E-state index contributed by atoms with van der Waals surface area (Å²) in [7, 11) is 1.60. The third-order valence-corrected chi connectivity index (χ3v) is 3.67. The normalized spacial score (nSPS) is 14.3. The summed E-state index contributed by atoms with van der Waals surface area (Å²) in [6, 6.07) is 5.92. The van der Waals surface area contributed by atoms with E-state index < -0.39 is 0 Å². The van der Waals surface area contributed by atoms with Gasteiger partial charge in [0.15, 0.2) is 0 Å². The number of nitrogens with zero attached hydrogens (tertiary/aromatic N) is 1. The fraction of sp³-hybridized carbons (Fsp3) is 0.625. The van der Waals surface area contributed by atoms with E-state index in [9.17, 15) is 5.11 Å². The van der Waals surface area contributed by atoms with Crippen molar-refractivity contribution in [1.82, 2.24) is 10.2 Å². The Morgan fingerprint density at radius 2 is 1.90 bits per heavy atom. The van der Waals surface area contributed by atoms with Gasteiger partial charge in [0.1, 0.15) is 11.5 Å². The Labute approximate surface area is 122 Å². The first kappa shape index (κ1) is 16.8. The van der Waals surface area contributed by atoms with E-state index in [1.807, 2.05) is 12.1 Å². The zero-order valence-corrected chi connectivity index (χ0v) is 13.3. The van der Waals surface area contributed by atoms with E-state index in [2.05, 4.69) is 37.9 Å². The molecule has 0 radical (unpaired) electrons. The summed E-state index contributed by atoms with van der Waals surface area (Å²) in [5.74, 6) is 0.953. The summed E-state index contributed by atoms with van der Waals surface area (Å²) in [5.41, 5.74) is 0.900. The third kappa shape index (κ3) is 4.69. The van der Waals surface area contributed by atoms with Crippen molar-refractivity contribution in [1.29, 1.82) is 0 Å². The molecule has 4 nitrogen and oxygen atoms in total. The van der Waals surface area contributed by atoms with E-state index in [4.69, 9.17) is 4.74 Å². The van der Waals surface area contributed by atoms with Crippen molar-refractivity contribution in [2.45, 2.75) is 39.8 Å². The molecule has 0 bridgehead atoms. The first-order valence-electron chi connectivity index (χ1n) is 7.37. The van der Waals surface area contributed by atoms with Gasteiger partial charge in [0.25, 0.3) is 0 Å². The zero-order valence-electron chi connectivity index (χ0n) is 13.3. The van der Waals surface area contributed by atoms with Gasteiger partial charge in [0, 0.05) is 30.3 Å². The summed E-state index contributed by atoms with van der Waals surface area (Å²) in [5, 5.41) is 13.6. The number of likely N-dealkylation sites (N-methyl/N-ethyl adjacent to an activating group) is 1. The maximum atomic E-state index is 10.0. The van der Waals surface area contributed by atoms with Crippen LogP contribution in [0.25, 0.3) is 0 Å². The highest BCUT2D eigenvalue weighted by Crippen LogP contribution is 2.28. The van der Waals surface area contributed by atoms with Crippen LogP contribution in [0.2, 0.25) is 0 Å². The van der Waals surface area contributed by atoms with Crippen molar-refractivity contribution < 1.29 is 9.84 Å². The highest BCUT2D eigenvalue weighted by molar-refractivity contribution is 5.41. The van der Waals surface area contributed by atoms with E-state index in [-0.39, 0.29) is 11.8 Å². The number of benzene rings is 1. The topological polar surface area (TPSA) is 44.7 Å². The molecule has 0 aromatic heterocycles. The first-order chi connectivity index (χ1) is 9.51. The molecule has 0 fully saturated rings. The monoisotopic (exact) mass is 280 g/mol. The maximum absolute atomic E-state index is 10.0. The first-order valence-corrected chi connectivity index (χ1v) is 7.37. The lowest BCUT2D eigenvalue weighted by Crippen LogP contribution is -2.40. The number of rotatable bonds is 8. The Morgan fingerprint density at radius 1 is 1.25 bits per heavy atom. The average molecular weight is 280 g/mol. The minimum atomic E-state index is 0.103. The van der Waals surface area contributed by atoms with E-state index in [1.54, 1.807) is 13.2 Å². The fourth-order valence-corrected chi connectivity index (χ4v) is 2.45. The minimum absolute atomic E-state index is 0.103. The Bertz CT molecular complexity index is 405. The van der Waals surface area contributed by atoms with Crippen LogP contribution >= 0.6 is 0 Å². The predicted octanol–water partition coefficient (Wildman–Crippen LogP) is 2.78. The Balaban J connectivity index is 2.64. The molecule has 1 rings (SSSR count). The largest absolute Gasteiger partial charge is 0.507 e. The second kappa shape index (κ2) is 8.12. The number of ether oxygens (including phenoxy) is 1. The lowest BCUT2D eigenvalue weighted by molar-refractivity contribution is 0.263. The van der Waals surface area contributed by atoms with Crippen LogP contribution in [0.15, 0.2) is 18.2 Å². The second-order valence-corrected chi connectivity index (χ2v) is 5.20. The summed E-state index contributed by atoms with van der Waals surface area (Å²) in [4.78, 5) is 2.39. The Hall–Kier alpha value is -1.26. The molecule has 4 heteroatoms. The van der Waals surface area contributed by atoms with Gasteiger partial charge in [-0.3, -0.25) is 0 Å². The Kier molecular flexibility index (Phi) is 6.82. The molecule has 0 amide bonds. The van der Waals surface area contributed by atoms with Crippen molar-refractivity contribution in [3.8, 4) is 11.5 Å². The van der Waals surface area contributed by atoms with Gasteiger partial charge in [-0.2, -0.15) is 0 Å². The molecule has 0 saturated carbocycles. The van der Waals surface area contributed by atoms with Crippen molar-refractivity contribution in [3.05, 3.63) is 23.8 Å². The number of hydrogen-bond donors (Lipinski definition) is 2. The van der Waals surface area contributed by atoms with Gasteiger partial charge in [-0.15, -0.1) is 0 Å². The van der Waals surface area contributed by atoms with Crippen molar-refractivity contribution >= 4 is 0 Å². The standard InChI is InChI=1S/C16H28N2O2/c1-6-18(7-2)11-12(3)17-13(4)15-9-8-14(20-5)10-16(15)19/h8-10,12-13,17,19H,6-7,11H2,1-5H3. The molecular weight excluding hydrogens is 252 g/mol. The molecule has 114 valence electrons. The molecule has 2 unspecified atom stereocenters. The van der Waals surface area contributed by atoms with Crippen LogP contribution in [-0.2, 0) is 0 Å². The smallest absolute Gasteiger partial charge is 0.124 e. The quantitative estimate of drug-likeness (QED) is 0.768. The fourth-order valence-electron chi connectivity index (χ4n) is 2.45. The van der Waals surface area contributed by atoms with Gasteiger partial charge in [0.05, 0.1) is 7.11 Å². The molecule has 0 aliphatic carbocycles. The van der Waals surface area contributed by atoms with Crippen LogP contribution < -0.4 is 10.1 Å². The van der Waals surface area contributed by atoms with Crippen LogP contribution in [0.5, 0.6) is 11.5 Å². The van der Waals surface area contributed by atoms with Gasteiger partial charge >= 0.3 is 0 Å². The molecule has 0 aliphatic rings. The van der Waals surface area contributed by atoms with E-state index >= 15 is 0 Å². The van der Waals surface area contributed by atoms with Crippen LogP contribution in [0.1, 0.15) is 39.3 Å². The van der Waals surface area contributed by atoms with Crippen LogP contribution in [0.3, 0.4) is 0 Å². The summed E-state index contributed by atoms with van der Waals surface area (Å²) in [6.07, 6.45) is 0. The number of nitrogens with one attached hydrogen (secondary N) is 1. The number of methoxy groups -OCH3 is 1. The summed E-state index contributed by atoms with van der Waals surface area (Å²) < 4.78 is 5.11. The van der Waals surface area contributed by atoms with Crippen LogP contribution in [0, 0.1) is 0 Å². The zero-order chi connectivity index (χ0) is 15.1. The minimum Gasteiger partial charge on any atom is -0.507 e. The SMILES string of the molecule is CCN(CC)CC(C)NC(C)c1ccc(OC)cc1O. The van der Waals surface area contributed by atoms with Gasteiger partial charge in [-0.05, 0) is 33.0 Å². The number of phenolic OH excluding ortho intramolecular Hbond substituents is 1. The average Bonchev–Trinajstić information content (AvgIpc) is 2.44. The molecule has 0 aliphatic heterocycles. The van der Waals surface area contributed by atoms with Gasteiger partial charge in [0.2, 0.25) is 0 Å². The number of phenols is 1. The highest BCUT2D eigenvalue weighted by atomic mass is 16.5.